The molecule has 9 heteroatoms. The van der Waals surface area contributed by atoms with Crippen LogP contribution in [0, 0.1) is 35.0 Å². The van der Waals surface area contributed by atoms with Gasteiger partial charge >= 0.3 is 0 Å². The van der Waals surface area contributed by atoms with Crippen LogP contribution in [0.3, 0.4) is 0 Å². The predicted molar refractivity (Wildman–Crippen MR) is 82.8 cm³/mol. The first kappa shape index (κ1) is 17.7. The predicted octanol–water partition coefficient (Wildman–Crippen LogP) is 4.33. The van der Waals surface area contributed by atoms with Crippen molar-refractivity contribution in [3.63, 3.8) is 0 Å². The number of hydrogen-bond acceptors (Lipinski definition) is 3. The summed E-state index contributed by atoms with van der Waals surface area (Å²) in [6, 6.07) is 1.69. The average Bonchev–Trinajstić information content (AvgIpc) is 3.01. The number of amides is 1. The van der Waals surface area contributed by atoms with Gasteiger partial charge in [0, 0.05) is 4.88 Å². The second-order valence-electron chi connectivity index (χ2n) is 5.93. The molecule has 0 saturated carbocycles. The highest BCUT2D eigenvalue weighted by atomic mass is 32.1. The minimum Gasteiger partial charge on any atom is -0.293 e. The molecule has 0 aliphatic heterocycles. The molecule has 0 fully saturated rings. The topological polar surface area (TPSA) is 41.1 Å². The van der Waals surface area contributed by atoms with E-state index >= 15 is 0 Å². The number of nitrogens with one attached hydrogen (secondary N) is 2. The van der Waals surface area contributed by atoms with Gasteiger partial charge in [-0.05, 0) is 36.8 Å². The summed E-state index contributed by atoms with van der Waals surface area (Å²) >= 11 is 1.25. The Balaban J connectivity index is 1.78. The van der Waals surface area contributed by atoms with Crippen molar-refractivity contribution in [3.05, 3.63) is 50.5 Å². The van der Waals surface area contributed by atoms with Crippen LogP contribution in [0.2, 0.25) is 0 Å². The van der Waals surface area contributed by atoms with Crippen LogP contribution < -0.4 is 10.9 Å². The van der Waals surface area contributed by atoms with Gasteiger partial charge in [-0.1, -0.05) is 6.92 Å². The number of aryl methyl sites for hydroxylation is 1. The zero-order valence-electron chi connectivity index (χ0n) is 13.0. The fourth-order valence-corrected chi connectivity index (χ4v) is 3.82. The number of hydrogen-bond donors (Lipinski definition) is 2. The van der Waals surface area contributed by atoms with E-state index in [1.165, 1.54) is 11.3 Å². The van der Waals surface area contributed by atoms with Gasteiger partial charge in [0.2, 0.25) is 5.82 Å². The molecule has 1 amide bonds. The van der Waals surface area contributed by atoms with Crippen LogP contribution in [0.4, 0.5) is 27.6 Å². The van der Waals surface area contributed by atoms with Gasteiger partial charge in [0.05, 0.1) is 4.88 Å². The molecule has 25 heavy (non-hydrogen) atoms. The lowest BCUT2D eigenvalue weighted by Crippen LogP contribution is -2.30. The fourth-order valence-electron chi connectivity index (χ4n) is 2.71. The van der Waals surface area contributed by atoms with Crippen LogP contribution in [-0.4, -0.2) is 5.91 Å². The molecule has 2 aromatic rings. The number of anilines is 1. The van der Waals surface area contributed by atoms with E-state index in [1.807, 2.05) is 5.43 Å². The van der Waals surface area contributed by atoms with Crippen LogP contribution in [0.25, 0.3) is 0 Å². The maximum Gasteiger partial charge on any atom is 0.279 e. The third-order valence-corrected chi connectivity index (χ3v) is 5.30. The van der Waals surface area contributed by atoms with E-state index in [2.05, 4.69) is 6.92 Å². The SMILES string of the molecule is C[C@H]1CCc2sc(C(=O)NNc3c(F)c(F)c(F)c(F)c3F)cc2C1. The number of fused-ring (bicyclic) bond motifs is 1. The van der Waals surface area contributed by atoms with E-state index in [0.717, 1.165) is 29.7 Å². The molecular weight excluding hydrogens is 363 g/mol. The van der Waals surface area contributed by atoms with Gasteiger partial charge in [0.25, 0.3) is 5.91 Å². The molecule has 3 rings (SSSR count). The number of rotatable bonds is 3. The van der Waals surface area contributed by atoms with Gasteiger partial charge in [-0.3, -0.25) is 15.6 Å². The standard InChI is InChI=1S/C16H13F5N2OS/c1-6-2-3-8-7(4-6)5-9(25-8)16(24)23-22-15-13(20)11(18)10(17)12(19)14(15)21/h5-6,22H,2-4H2,1H3,(H,23,24)/t6-/m0/s1. The number of hydrazine groups is 1. The number of thiophene rings is 1. The Morgan fingerprint density at radius 2 is 1.68 bits per heavy atom. The van der Waals surface area contributed by atoms with Crippen molar-refractivity contribution in [3.8, 4) is 0 Å². The second-order valence-corrected chi connectivity index (χ2v) is 7.07. The van der Waals surface area contributed by atoms with Crippen molar-refractivity contribution in [2.75, 3.05) is 5.43 Å². The summed E-state index contributed by atoms with van der Waals surface area (Å²) in [7, 11) is 0. The Labute approximate surface area is 143 Å². The molecule has 1 aromatic carbocycles. The van der Waals surface area contributed by atoms with Crippen molar-refractivity contribution >= 4 is 22.9 Å². The molecule has 1 atom stereocenters. The quantitative estimate of drug-likeness (QED) is 0.362. The molecule has 1 aromatic heterocycles. The number of carbonyl (C=O) groups is 1. The molecule has 1 heterocycles. The van der Waals surface area contributed by atoms with Crippen LogP contribution in [0.1, 0.15) is 33.5 Å². The lowest BCUT2D eigenvalue weighted by atomic mass is 9.90. The number of halogens is 5. The number of carbonyl (C=O) groups excluding carboxylic acids is 1. The molecule has 0 saturated heterocycles. The average molecular weight is 376 g/mol. The molecule has 0 radical (unpaired) electrons. The molecule has 1 aliphatic carbocycles. The van der Waals surface area contributed by atoms with Crippen LogP contribution in [0.5, 0.6) is 0 Å². The first-order valence-electron chi connectivity index (χ1n) is 7.49. The molecule has 0 spiro atoms. The first-order valence-corrected chi connectivity index (χ1v) is 8.30. The highest BCUT2D eigenvalue weighted by Gasteiger charge is 2.26. The fraction of sp³-hybridized carbons (Fsp3) is 0.312. The molecule has 3 nitrogen and oxygen atoms in total. The summed E-state index contributed by atoms with van der Waals surface area (Å²) in [5.41, 5.74) is 3.51. The minimum absolute atomic E-state index is 0.301. The molecule has 134 valence electrons. The van der Waals surface area contributed by atoms with Crippen molar-refractivity contribution in [1.29, 1.82) is 0 Å². The van der Waals surface area contributed by atoms with Crippen molar-refractivity contribution < 1.29 is 26.7 Å². The Kier molecular flexibility index (Phi) is 4.68. The third-order valence-electron chi connectivity index (χ3n) is 4.06. The maximum atomic E-state index is 13.6. The summed E-state index contributed by atoms with van der Waals surface area (Å²) in [4.78, 5) is 13.5. The Morgan fingerprint density at radius 1 is 1.08 bits per heavy atom. The Bertz CT molecular complexity index is 823. The largest absolute Gasteiger partial charge is 0.293 e. The summed E-state index contributed by atoms with van der Waals surface area (Å²) in [6.45, 7) is 2.10. The minimum atomic E-state index is -2.26. The van der Waals surface area contributed by atoms with Gasteiger partial charge in [-0.2, -0.15) is 0 Å². The molecule has 2 N–H and O–H groups in total. The summed E-state index contributed by atoms with van der Waals surface area (Å²) < 4.78 is 66.3. The van der Waals surface area contributed by atoms with E-state index in [0.29, 0.717) is 10.8 Å². The third kappa shape index (κ3) is 3.20. The van der Waals surface area contributed by atoms with Crippen LogP contribution in [-0.2, 0) is 12.8 Å². The zero-order chi connectivity index (χ0) is 18.3. The van der Waals surface area contributed by atoms with E-state index in [4.69, 9.17) is 0 Å². The van der Waals surface area contributed by atoms with Crippen molar-refractivity contribution in [2.24, 2.45) is 5.92 Å². The van der Waals surface area contributed by atoms with Gasteiger partial charge in [-0.15, -0.1) is 11.3 Å². The molecular formula is C16H13F5N2OS. The highest BCUT2D eigenvalue weighted by molar-refractivity contribution is 7.14. The maximum absolute atomic E-state index is 13.6. The van der Waals surface area contributed by atoms with Gasteiger partial charge < -0.3 is 0 Å². The van der Waals surface area contributed by atoms with Crippen LogP contribution >= 0.6 is 11.3 Å². The molecule has 0 bridgehead atoms. The smallest absolute Gasteiger partial charge is 0.279 e. The lowest BCUT2D eigenvalue weighted by Gasteiger charge is -2.16. The van der Waals surface area contributed by atoms with E-state index in [9.17, 15) is 26.7 Å². The van der Waals surface area contributed by atoms with Crippen LogP contribution in [0.15, 0.2) is 6.07 Å². The first-order chi connectivity index (χ1) is 11.8. The van der Waals surface area contributed by atoms with Crippen molar-refractivity contribution in [1.82, 2.24) is 5.43 Å². The molecule has 1 aliphatic rings. The summed E-state index contributed by atoms with van der Waals surface area (Å²) in [5.74, 6) is -10.7. The second kappa shape index (κ2) is 6.62. The number of benzene rings is 1. The van der Waals surface area contributed by atoms with Gasteiger partial charge in [0.1, 0.15) is 5.69 Å². The van der Waals surface area contributed by atoms with E-state index in [1.54, 1.807) is 11.5 Å². The normalized spacial score (nSPS) is 16.5. The highest BCUT2D eigenvalue weighted by Crippen LogP contribution is 2.32. The van der Waals surface area contributed by atoms with Crippen molar-refractivity contribution in [2.45, 2.75) is 26.2 Å². The zero-order valence-corrected chi connectivity index (χ0v) is 13.8. The van der Waals surface area contributed by atoms with E-state index in [-0.39, 0.29) is 0 Å². The Hall–Kier alpha value is -2.16. The van der Waals surface area contributed by atoms with Gasteiger partial charge in [-0.25, -0.2) is 22.0 Å². The monoisotopic (exact) mass is 376 g/mol. The Morgan fingerprint density at radius 3 is 2.32 bits per heavy atom. The van der Waals surface area contributed by atoms with Gasteiger partial charge in [0.15, 0.2) is 23.3 Å². The summed E-state index contributed by atoms with van der Waals surface area (Å²) in [5, 5.41) is 0. The van der Waals surface area contributed by atoms with E-state index < -0.39 is 40.7 Å². The summed E-state index contributed by atoms with van der Waals surface area (Å²) in [6.07, 6.45) is 2.70. The molecule has 0 unspecified atom stereocenters. The lowest BCUT2D eigenvalue weighted by molar-refractivity contribution is 0.0966.